The molecular weight excluding hydrogens is 200 g/mol. The predicted octanol–water partition coefficient (Wildman–Crippen LogP) is 3.39. The van der Waals surface area contributed by atoms with Crippen LogP contribution in [-0.2, 0) is 6.54 Å². The van der Waals surface area contributed by atoms with Crippen molar-refractivity contribution in [1.82, 2.24) is 9.78 Å². The van der Waals surface area contributed by atoms with Crippen LogP contribution in [0.2, 0.25) is 0 Å². The van der Waals surface area contributed by atoms with Crippen molar-refractivity contribution < 1.29 is 4.74 Å². The number of hydrogen-bond donors (Lipinski definition) is 0. The fourth-order valence-electron chi connectivity index (χ4n) is 2.31. The molecule has 0 N–H and O–H groups in total. The largest absolute Gasteiger partial charge is 0.487 e. The molecule has 1 aromatic heterocycles. The molecule has 0 atom stereocenters. The van der Waals surface area contributed by atoms with Crippen molar-refractivity contribution in [3.63, 3.8) is 0 Å². The Balaban J connectivity index is 1.86. The molecule has 1 aliphatic rings. The van der Waals surface area contributed by atoms with E-state index in [0.717, 1.165) is 18.7 Å². The van der Waals surface area contributed by atoms with Gasteiger partial charge < -0.3 is 4.74 Å². The summed E-state index contributed by atoms with van der Waals surface area (Å²) in [6.07, 6.45) is 13.2. The standard InChI is InChI=1S/C13H22N2O/c1-2-9-15-11-13(10-14-15)16-12-7-5-3-4-6-8-12/h10-12H,2-9H2,1H3. The Morgan fingerprint density at radius 3 is 2.75 bits per heavy atom. The lowest BCUT2D eigenvalue weighted by Gasteiger charge is -2.14. The van der Waals surface area contributed by atoms with Gasteiger partial charge in [0.1, 0.15) is 0 Å². The van der Waals surface area contributed by atoms with Crippen LogP contribution in [0, 0.1) is 0 Å². The molecule has 1 aromatic rings. The third-order valence-electron chi connectivity index (χ3n) is 3.17. The average molecular weight is 222 g/mol. The zero-order chi connectivity index (χ0) is 11.2. The zero-order valence-electron chi connectivity index (χ0n) is 10.2. The monoisotopic (exact) mass is 222 g/mol. The van der Waals surface area contributed by atoms with E-state index in [0.29, 0.717) is 6.10 Å². The number of ether oxygens (including phenoxy) is 1. The van der Waals surface area contributed by atoms with E-state index in [2.05, 4.69) is 12.0 Å². The molecule has 3 heteroatoms. The SMILES string of the molecule is CCCn1cc(OC2CCCCCC2)cn1. The molecule has 1 heterocycles. The second-order valence-electron chi connectivity index (χ2n) is 4.67. The van der Waals surface area contributed by atoms with Gasteiger partial charge in [0.05, 0.1) is 18.5 Å². The molecule has 0 aliphatic heterocycles. The minimum Gasteiger partial charge on any atom is -0.487 e. The Morgan fingerprint density at radius 2 is 2.06 bits per heavy atom. The Bertz CT molecular complexity index is 301. The third kappa shape index (κ3) is 3.26. The van der Waals surface area contributed by atoms with E-state index >= 15 is 0 Å². The van der Waals surface area contributed by atoms with E-state index in [4.69, 9.17) is 4.74 Å². The van der Waals surface area contributed by atoms with Crippen molar-refractivity contribution in [2.75, 3.05) is 0 Å². The highest BCUT2D eigenvalue weighted by Gasteiger charge is 2.14. The van der Waals surface area contributed by atoms with Gasteiger partial charge in [0.25, 0.3) is 0 Å². The van der Waals surface area contributed by atoms with Gasteiger partial charge in [-0.05, 0) is 32.1 Å². The quantitative estimate of drug-likeness (QED) is 0.730. The Morgan fingerprint density at radius 1 is 1.31 bits per heavy atom. The van der Waals surface area contributed by atoms with Gasteiger partial charge in [-0.1, -0.05) is 19.8 Å². The summed E-state index contributed by atoms with van der Waals surface area (Å²) >= 11 is 0. The van der Waals surface area contributed by atoms with E-state index in [1.807, 2.05) is 17.1 Å². The number of aromatic nitrogens is 2. The molecule has 3 nitrogen and oxygen atoms in total. The molecule has 16 heavy (non-hydrogen) atoms. The number of aryl methyl sites for hydroxylation is 1. The van der Waals surface area contributed by atoms with E-state index in [9.17, 15) is 0 Å². The first-order chi connectivity index (χ1) is 7.88. The Hall–Kier alpha value is -0.990. The predicted molar refractivity (Wildman–Crippen MR) is 64.6 cm³/mol. The first kappa shape index (κ1) is 11.5. The van der Waals surface area contributed by atoms with Crippen LogP contribution in [0.1, 0.15) is 51.9 Å². The van der Waals surface area contributed by atoms with Gasteiger partial charge in [-0.25, -0.2) is 0 Å². The van der Waals surface area contributed by atoms with Crippen molar-refractivity contribution >= 4 is 0 Å². The van der Waals surface area contributed by atoms with E-state index < -0.39 is 0 Å². The summed E-state index contributed by atoms with van der Waals surface area (Å²) in [5.41, 5.74) is 0. The van der Waals surface area contributed by atoms with Gasteiger partial charge in [-0.2, -0.15) is 5.10 Å². The van der Waals surface area contributed by atoms with Gasteiger partial charge >= 0.3 is 0 Å². The van der Waals surface area contributed by atoms with Gasteiger partial charge in [0, 0.05) is 6.54 Å². The van der Waals surface area contributed by atoms with Crippen LogP contribution in [0.3, 0.4) is 0 Å². The zero-order valence-corrected chi connectivity index (χ0v) is 10.2. The molecule has 2 rings (SSSR count). The summed E-state index contributed by atoms with van der Waals surface area (Å²) in [5, 5.41) is 4.29. The summed E-state index contributed by atoms with van der Waals surface area (Å²) < 4.78 is 7.94. The smallest absolute Gasteiger partial charge is 0.157 e. The maximum Gasteiger partial charge on any atom is 0.157 e. The molecular formula is C13H22N2O. The molecule has 90 valence electrons. The second-order valence-corrected chi connectivity index (χ2v) is 4.67. The average Bonchev–Trinajstić information content (AvgIpc) is 2.56. The van der Waals surface area contributed by atoms with Crippen molar-refractivity contribution in [1.29, 1.82) is 0 Å². The molecule has 0 aromatic carbocycles. The number of rotatable bonds is 4. The first-order valence-corrected chi connectivity index (χ1v) is 6.57. The molecule has 1 aliphatic carbocycles. The van der Waals surface area contributed by atoms with Crippen molar-refractivity contribution in [3.05, 3.63) is 12.4 Å². The van der Waals surface area contributed by atoms with Gasteiger partial charge in [0.15, 0.2) is 5.75 Å². The van der Waals surface area contributed by atoms with Crippen LogP contribution >= 0.6 is 0 Å². The molecule has 0 spiro atoms. The summed E-state index contributed by atoms with van der Waals surface area (Å²) in [6.45, 7) is 3.14. The van der Waals surface area contributed by atoms with E-state index in [1.54, 1.807) is 0 Å². The normalized spacial score (nSPS) is 18.3. The Labute approximate surface area is 97.8 Å². The van der Waals surface area contributed by atoms with Crippen LogP contribution in [0.25, 0.3) is 0 Å². The van der Waals surface area contributed by atoms with Crippen molar-refractivity contribution in [2.24, 2.45) is 0 Å². The maximum atomic E-state index is 5.98. The molecule has 0 bridgehead atoms. The highest BCUT2D eigenvalue weighted by Crippen LogP contribution is 2.22. The summed E-state index contributed by atoms with van der Waals surface area (Å²) in [6, 6.07) is 0. The minimum atomic E-state index is 0.418. The molecule has 1 saturated carbocycles. The first-order valence-electron chi connectivity index (χ1n) is 6.57. The molecule has 0 radical (unpaired) electrons. The van der Waals surface area contributed by atoms with Crippen LogP contribution in [0.4, 0.5) is 0 Å². The van der Waals surface area contributed by atoms with Crippen molar-refractivity contribution in [3.8, 4) is 5.75 Å². The summed E-state index contributed by atoms with van der Waals surface area (Å²) in [4.78, 5) is 0. The summed E-state index contributed by atoms with van der Waals surface area (Å²) in [7, 11) is 0. The van der Waals surface area contributed by atoms with Gasteiger partial charge in [-0.3, -0.25) is 4.68 Å². The van der Waals surface area contributed by atoms with Gasteiger partial charge in [-0.15, -0.1) is 0 Å². The van der Waals surface area contributed by atoms with Crippen LogP contribution in [0.5, 0.6) is 5.75 Å². The van der Waals surface area contributed by atoms with Crippen LogP contribution < -0.4 is 4.74 Å². The molecule has 1 fully saturated rings. The molecule has 0 unspecified atom stereocenters. The molecule has 0 saturated heterocycles. The number of nitrogens with zero attached hydrogens (tertiary/aromatic N) is 2. The maximum absolute atomic E-state index is 5.98. The topological polar surface area (TPSA) is 27.1 Å². The van der Waals surface area contributed by atoms with E-state index in [-0.39, 0.29) is 0 Å². The fraction of sp³-hybridized carbons (Fsp3) is 0.769. The Kier molecular flexibility index (Phi) is 4.25. The highest BCUT2D eigenvalue weighted by molar-refractivity contribution is 5.12. The van der Waals surface area contributed by atoms with Crippen molar-refractivity contribution in [2.45, 2.75) is 64.5 Å². The second kappa shape index (κ2) is 5.92. The fourth-order valence-corrected chi connectivity index (χ4v) is 2.31. The van der Waals surface area contributed by atoms with E-state index in [1.165, 1.54) is 38.5 Å². The number of hydrogen-bond acceptors (Lipinski definition) is 2. The summed E-state index contributed by atoms with van der Waals surface area (Å²) in [5.74, 6) is 0.945. The molecule has 0 amide bonds. The lowest BCUT2D eigenvalue weighted by Crippen LogP contribution is -2.14. The highest BCUT2D eigenvalue weighted by atomic mass is 16.5. The van der Waals surface area contributed by atoms with Crippen LogP contribution in [0.15, 0.2) is 12.4 Å². The van der Waals surface area contributed by atoms with Gasteiger partial charge in [0.2, 0.25) is 0 Å². The third-order valence-corrected chi connectivity index (χ3v) is 3.17. The minimum absolute atomic E-state index is 0.418. The lowest BCUT2D eigenvalue weighted by molar-refractivity contribution is 0.183. The lowest BCUT2D eigenvalue weighted by atomic mass is 10.1. The van der Waals surface area contributed by atoms with Crippen LogP contribution in [-0.4, -0.2) is 15.9 Å².